The fourth-order valence-corrected chi connectivity index (χ4v) is 22.0. The maximum absolute atomic E-state index is 12.2. The fraction of sp³-hybridized carbons (Fsp3) is 0.726. The van der Waals surface area contributed by atoms with Crippen LogP contribution in [0.3, 0.4) is 0 Å². The lowest BCUT2D eigenvalue weighted by atomic mass is 9.96. The maximum Gasteiger partial charge on any atom is 0.330 e. The first kappa shape index (κ1) is 102. The molecular formula is C84H136ClN4O25P3Si. The molecule has 0 radical (unpaired) electrons. The summed E-state index contributed by atoms with van der Waals surface area (Å²) in [5.74, 6) is -2.36. The largest absolute Gasteiger partial charge is 0.457 e. The molecule has 21 atom stereocenters. The topological polar surface area (TPSA) is 372 Å². The Morgan fingerprint density at radius 2 is 0.915 bits per heavy atom. The molecule has 29 nitrogen and oxygen atoms in total. The van der Waals surface area contributed by atoms with Crippen molar-refractivity contribution in [3.8, 4) is 0 Å². The van der Waals surface area contributed by atoms with Gasteiger partial charge < -0.3 is 90.1 Å². The number of carbonyl (C=O) groups excluding carboxylic acids is 3. The molecular weight excluding hydrogens is 1620 g/mol. The van der Waals surface area contributed by atoms with E-state index >= 15 is 0 Å². The molecule has 2 unspecified atom stereocenters. The van der Waals surface area contributed by atoms with Gasteiger partial charge in [-0.25, -0.2) is 9.59 Å². The quantitative estimate of drug-likeness (QED) is 0.0223. The standard InChI is InChI=1S/C16H19ClSi.C16H25N2O6P.C13H23O6P.C12H23O4P.C11H20O4.C11H20O3.C5H6N2O2/c1-16(2,3)18(17,14-10-6-4-7-11-14)15-12-8-5-9-13-15;1-9-8-18(16(21)17-14(9)20)15-13(23-11(3)19)10(2)12(24-15)6-7-25(4,5)22;1-8-11(6-7-20(4,5)16)19-13(18-10(3)15)12(8)17-9(2)14;1-8-9(6-7-17(4,5)13)14-11-10(8)15-12(2,3)16-11;1-5-7(12)8-6(2)9-10(13-8)15-11(3,4)14-9;1-5-6-8-7(2)9-10(12-8)14-11(3,4)13-9;1-3-2-6-5(9)7-4(3)8/h4-13H,1-3H3;8,10,12-13,15H,6-7H2,1-5H3,(H,17,20,21);8,11-13H,6-7H2,1-5H3;8-11H,6-7H2,1-5H3;6-10,12H,5H2,1-4H3;7-10H,5-6H2,1-4H3;2H,1H3,(H2,6,7,8,9)/t;10-,12-,13-,15-;8-,11-,12-,13?;8-,9-,10-,11-;6-,7?,8+,9-,10-;7-,8-,9-,10-;/m.11111./s1. The van der Waals surface area contributed by atoms with Gasteiger partial charge in [0.2, 0.25) is 13.7 Å². The molecule has 10 heterocycles. The van der Waals surface area contributed by atoms with Crippen LogP contribution in [0.5, 0.6) is 0 Å². The van der Waals surface area contributed by atoms with Gasteiger partial charge in [0.05, 0.1) is 58.0 Å². The minimum atomic E-state index is -2.23. The summed E-state index contributed by atoms with van der Waals surface area (Å²) in [5, 5.41) is 12.4. The summed E-state index contributed by atoms with van der Waals surface area (Å²) >= 11 is 7.21. The summed E-state index contributed by atoms with van der Waals surface area (Å²) in [6, 6.07) is 21.1. The SMILES string of the molecule is CC(=O)OC1O[C@H](CCP(C)(C)=O)[C@@H](C)[C@H]1OC(C)=O.CC(=O)O[C@@H]1[C@H](C)[C@@H](CCP(C)(C)=O)O[C@H]1n1cc(C)c(=O)[nH]c1=O.CC(C)(C)[Si](Cl)(c1ccccc1)c1ccccc1.CCC(O)[C@H]1O[C@@H]2OC(C)(C)O[C@@H]2[C@@H]1C.CCC[C@H]1O[C@@H]2OC(C)(C)O[C@@H]2[C@@H]1C.C[C@H]1[C@H]2OC(C)(C)O[C@H]2O[C@@H]1CCP(C)(C)=O.Cc1c[nH]c(=O)[nH]c1=O. The number of hydrogen-bond acceptors (Lipinski definition) is 25. The van der Waals surface area contributed by atoms with Crippen molar-refractivity contribution in [1.82, 2.24) is 19.5 Å². The predicted octanol–water partition coefficient (Wildman–Crippen LogP) is 12.4. The highest BCUT2D eigenvalue weighted by Crippen LogP contribution is 2.48. The number of halogens is 1. The summed E-state index contributed by atoms with van der Waals surface area (Å²) in [5.41, 5.74) is -1.03. The number of aliphatic hydroxyl groups excluding tert-OH is 1. The first-order valence-electron chi connectivity index (χ1n) is 41.0. The van der Waals surface area contributed by atoms with E-state index in [1.807, 2.05) is 94.7 Å². The van der Waals surface area contributed by atoms with Gasteiger partial charge in [0.15, 0.2) is 54.7 Å². The van der Waals surface area contributed by atoms with Gasteiger partial charge >= 0.3 is 29.3 Å². The third-order valence-corrected chi connectivity index (χ3v) is 33.1. The Morgan fingerprint density at radius 1 is 0.534 bits per heavy atom. The minimum Gasteiger partial charge on any atom is -0.457 e. The molecule has 0 bridgehead atoms. The molecule has 0 amide bonds. The fourth-order valence-electron chi connectivity index (χ4n) is 15.2. The Balaban J connectivity index is 0.000000217. The zero-order valence-corrected chi connectivity index (χ0v) is 78.8. The summed E-state index contributed by atoms with van der Waals surface area (Å²) in [4.78, 5) is 85.0. The van der Waals surface area contributed by atoms with Crippen LogP contribution in [0.2, 0.25) is 5.04 Å². The molecule has 0 aliphatic carbocycles. The molecule has 0 saturated carbocycles. The average Bonchev–Trinajstić information content (AvgIpc) is 1.36. The second kappa shape index (κ2) is 42.5. The van der Waals surface area contributed by atoms with E-state index < -0.39 is 112 Å². The highest BCUT2D eigenvalue weighted by Gasteiger charge is 2.57. The molecule has 34 heteroatoms. The Morgan fingerprint density at radius 3 is 1.29 bits per heavy atom. The van der Waals surface area contributed by atoms with Gasteiger partial charge in [0.25, 0.3) is 11.1 Å². The number of fused-ring (bicyclic) bond motifs is 3. The smallest absolute Gasteiger partial charge is 0.330 e. The van der Waals surface area contributed by atoms with E-state index in [0.29, 0.717) is 60.7 Å². The number of nitrogens with one attached hydrogen (secondary N) is 3. The van der Waals surface area contributed by atoms with Crippen molar-refractivity contribution in [2.24, 2.45) is 29.6 Å². The summed E-state index contributed by atoms with van der Waals surface area (Å²) in [7, 11) is -8.54. The number of esters is 3. The molecule has 0 spiro atoms. The lowest BCUT2D eigenvalue weighted by Gasteiger charge is -2.38. The van der Waals surface area contributed by atoms with Crippen molar-refractivity contribution in [3.63, 3.8) is 0 Å². The van der Waals surface area contributed by atoms with Crippen LogP contribution in [0, 0.1) is 43.4 Å². The van der Waals surface area contributed by atoms with Crippen LogP contribution in [0.25, 0.3) is 0 Å². The van der Waals surface area contributed by atoms with E-state index in [9.17, 15) is 52.4 Å². The van der Waals surface area contributed by atoms with E-state index in [1.165, 1.54) is 48.1 Å². The van der Waals surface area contributed by atoms with Crippen LogP contribution in [-0.2, 0) is 94.4 Å². The molecule has 118 heavy (non-hydrogen) atoms. The number of nitrogens with zero attached hydrogens (tertiary/aromatic N) is 1. The first-order chi connectivity index (χ1) is 54.4. The number of aromatic nitrogens is 4. The van der Waals surface area contributed by atoms with E-state index in [4.69, 9.17) is 77.4 Å². The van der Waals surface area contributed by atoms with Crippen LogP contribution >= 0.6 is 32.5 Å². The zero-order chi connectivity index (χ0) is 88.9. The molecule has 4 aromatic rings. The molecule has 8 aliphatic heterocycles. The molecule has 8 saturated heterocycles. The number of carbonyl (C=O) groups is 3. The van der Waals surface area contributed by atoms with Gasteiger partial charge in [-0.2, -0.15) is 11.1 Å². The Kier molecular flexibility index (Phi) is 36.7. The molecule has 12 rings (SSSR count). The highest BCUT2D eigenvalue weighted by atomic mass is 35.6. The van der Waals surface area contributed by atoms with E-state index in [1.54, 1.807) is 40.5 Å². The predicted molar refractivity (Wildman–Crippen MR) is 457 cm³/mol. The second-order valence-corrected chi connectivity index (χ2v) is 52.4. The van der Waals surface area contributed by atoms with Gasteiger partial charge in [-0.15, -0.1) is 0 Å². The lowest BCUT2D eigenvalue weighted by molar-refractivity contribution is -0.219. The van der Waals surface area contributed by atoms with Crippen molar-refractivity contribution in [2.75, 3.05) is 58.5 Å². The molecule has 4 N–H and O–H groups in total. The molecule has 2 aromatic carbocycles. The van der Waals surface area contributed by atoms with Gasteiger partial charge in [-0.05, 0) is 143 Å². The number of H-pyrrole nitrogens is 3. The molecule has 8 aliphatic rings. The van der Waals surface area contributed by atoms with Crippen molar-refractivity contribution in [1.29, 1.82) is 0 Å². The first-order valence-corrected chi connectivity index (χ1v) is 52.3. The Bertz CT molecular complexity index is 4270. The van der Waals surface area contributed by atoms with Crippen molar-refractivity contribution < 1.29 is 99.5 Å². The van der Waals surface area contributed by atoms with Crippen LogP contribution in [-0.4, -0.2) is 218 Å². The summed E-state index contributed by atoms with van der Waals surface area (Å²) < 4.78 is 116. The Hall–Kier alpha value is -5.07. The molecule has 2 aromatic heterocycles. The van der Waals surface area contributed by atoms with Gasteiger partial charge in [0.1, 0.15) is 18.3 Å². The van der Waals surface area contributed by atoms with E-state index in [2.05, 4.69) is 105 Å². The van der Waals surface area contributed by atoms with Crippen molar-refractivity contribution in [2.45, 2.75) is 305 Å². The number of hydrogen-bond donors (Lipinski definition) is 4. The van der Waals surface area contributed by atoms with Crippen LogP contribution in [0.1, 0.15) is 187 Å². The number of rotatable bonds is 19. The van der Waals surface area contributed by atoms with Crippen LogP contribution in [0.4, 0.5) is 0 Å². The summed E-state index contributed by atoms with van der Waals surface area (Å²) in [6.45, 7) is 50.0. The number of aryl methyl sites for hydroxylation is 2. The second-order valence-electron chi connectivity index (χ2n) is 35.9. The Labute approximate surface area is 702 Å². The van der Waals surface area contributed by atoms with Gasteiger partial charge in [0, 0.05) is 92.4 Å². The van der Waals surface area contributed by atoms with Gasteiger partial charge in [-0.1, -0.05) is 136 Å². The number of ether oxygens (including phenoxy) is 14. The van der Waals surface area contributed by atoms with Crippen LogP contribution in [0.15, 0.2) is 92.2 Å². The zero-order valence-electron chi connectivity index (χ0n) is 74.3. The van der Waals surface area contributed by atoms with Crippen molar-refractivity contribution in [3.05, 3.63) is 126 Å². The minimum absolute atomic E-state index is 0.0168. The normalized spacial score (nSPS) is 30.3. The van der Waals surface area contributed by atoms with Gasteiger partial charge in [-0.3, -0.25) is 38.5 Å². The monoisotopic (exact) mass is 1760 g/mol. The third-order valence-electron chi connectivity index (χ3n) is 21.7. The highest BCUT2D eigenvalue weighted by molar-refractivity contribution is 7.62. The van der Waals surface area contributed by atoms with E-state index in [-0.39, 0.29) is 89.9 Å². The van der Waals surface area contributed by atoms with Crippen LogP contribution < -0.4 is 32.9 Å². The number of benzene rings is 2. The number of aliphatic hydroxyl groups is 1. The molecule has 668 valence electrons. The average molecular weight is 1760 g/mol. The maximum atomic E-state index is 12.2. The third kappa shape index (κ3) is 29.3. The summed E-state index contributed by atoms with van der Waals surface area (Å²) in [6.07, 6.45) is 5.10. The molecule has 8 fully saturated rings. The lowest BCUT2D eigenvalue weighted by Crippen LogP contribution is -2.59. The number of aromatic amines is 3. The van der Waals surface area contributed by atoms with Crippen molar-refractivity contribution >= 4 is 68.2 Å². The van der Waals surface area contributed by atoms with E-state index in [0.717, 1.165) is 25.4 Å².